The number of ether oxygens (including phenoxy) is 1. The molecule has 0 spiro atoms. The lowest BCUT2D eigenvalue weighted by atomic mass is 10.1. The molecule has 0 bridgehead atoms. The number of carbonyl (C=O) groups excluding carboxylic acids is 3. The van der Waals surface area contributed by atoms with E-state index in [0.29, 0.717) is 21.5 Å². The third-order valence-electron chi connectivity index (χ3n) is 6.21. The number of nitrogens with one attached hydrogen (secondary N) is 2. The molecule has 0 saturated heterocycles. The van der Waals surface area contributed by atoms with Gasteiger partial charge in [-0.1, -0.05) is 24.2 Å². The number of esters is 1. The highest BCUT2D eigenvalue weighted by Crippen LogP contribution is 2.38. The molecule has 0 aliphatic heterocycles. The van der Waals surface area contributed by atoms with E-state index in [-0.39, 0.29) is 24.6 Å². The van der Waals surface area contributed by atoms with Crippen LogP contribution in [0.4, 0.5) is 9.39 Å². The van der Waals surface area contributed by atoms with E-state index in [1.165, 1.54) is 41.3 Å². The number of benzene rings is 1. The van der Waals surface area contributed by atoms with Crippen LogP contribution in [0.25, 0.3) is 0 Å². The zero-order valence-electron chi connectivity index (χ0n) is 21.5. The van der Waals surface area contributed by atoms with Gasteiger partial charge in [0.05, 0.1) is 24.0 Å². The number of anilines is 1. The SMILES string of the molecule is CCOC(=O)c1c(NC(=O)C(C)Sc2nnc(CNC(=O)c3cccc(F)c3)n2C)sc2c1CCCCC2. The molecule has 202 valence electrons. The van der Waals surface area contributed by atoms with E-state index in [1.807, 2.05) is 0 Å². The predicted molar refractivity (Wildman–Crippen MR) is 144 cm³/mol. The maximum absolute atomic E-state index is 13.4. The Labute approximate surface area is 228 Å². The van der Waals surface area contributed by atoms with E-state index in [4.69, 9.17) is 4.74 Å². The van der Waals surface area contributed by atoms with Crippen LogP contribution in [0.2, 0.25) is 0 Å². The van der Waals surface area contributed by atoms with Crippen LogP contribution in [0.15, 0.2) is 29.4 Å². The van der Waals surface area contributed by atoms with Gasteiger partial charge in [-0.15, -0.1) is 21.5 Å². The molecular weight excluding hydrogens is 529 g/mol. The van der Waals surface area contributed by atoms with Gasteiger partial charge in [-0.3, -0.25) is 9.59 Å². The minimum atomic E-state index is -0.537. The second kappa shape index (κ2) is 12.5. The molecule has 2 amide bonds. The highest BCUT2D eigenvalue weighted by molar-refractivity contribution is 8.00. The Morgan fingerprint density at radius 2 is 2.00 bits per heavy atom. The molecule has 1 aliphatic rings. The fourth-order valence-corrected chi connectivity index (χ4v) is 6.28. The summed E-state index contributed by atoms with van der Waals surface area (Å²) in [5.74, 6) is -1.10. The third kappa shape index (κ3) is 6.41. The molecule has 0 saturated carbocycles. The van der Waals surface area contributed by atoms with Gasteiger partial charge in [-0.25, -0.2) is 9.18 Å². The Morgan fingerprint density at radius 3 is 2.76 bits per heavy atom. The molecule has 1 aromatic carbocycles. The third-order valence-corrected chi connectivity index (χ3v) is 8.55. The smallest absolute Gasteiger partial charge is 0.341 e. The number of aromatic nitrogens is 3. The zero-order chi connectivity index (χ0) is 27.2. The van der Waals surface area contributed by atoms with Crippen molar-refractivity contribution in [2.24, 2.45) is 7.05 Å². The summed E-state index contributed by atoms with van der Waals surface area (Å²) in [4.78, 5) is 39.4. The first kappa shape index (κ1) is 27.8. The van der Waals surface area contributed by atoms with E-state index < -0.39 is 22.9 Å². The van der Waals surface area contributed by atoms with Crippen molar-refractivity contribution < 1.29 is 23.5 Å². The number of carbonyl (C=O) groups is 3. The lowest BCUT2D eigenvalue weighted by Gasteiger charge is -2.12. The number of nitrogens with zero attached hydrogens (tertiary/aromatic N) is 3. The first-order valence-corrected chi connectivity index (χ1v) is 14.2. The van der Waals surface area contributed by atoms with Crippen molar-refractivity contribution in [3.8, 4) is 0 Å². The number of halogens is 1. The molecule has 2 aromatic heterocycles. The second-order valence-electron chi connectivity index (χ2n) is 8.89. The van der Waals surface area contributed by atoms with Crippen molar-refractivity contribution in [1.29, 1.82) is 0 Å². The highest BCUT2D eigenvalue weighted by atomic mass is 32.2. The maximum Gasteiger partial charge on any atom is 0.341 e. The first-order valence-electron chi connectivity index (χ1n) is 12.5. The van der Waals surface area contributed by atoms with Gasteiger partial charge < -0.3 is 19.9 Å². The van der Waals surface area contributed by atoms with E-state index in [2.05, 4.69) is 20.8 Å². The van der Waals surface area contributed by atoms with E-state index >= 15 is 0 Å². The molecule has 0 fully saturated rings. The van der Waals surface area contributed by atoms with Gasteiger partial charge in [0.15, 0.2) is 11.0 Å². The monoisotopic (exact) mass is 559 g/mol. The quantitative estimate of drug-likeness (QED) is 0.225. The second-order valence-corrected chi connectivity index (χ2v) is 11.3. The van der Waals surface area contributed by atoms with Crippen molar-refractivity contribution in [3.05, 3.63) is 57.5 Å². The molecule has 1 atom stereocenters. The number of rotatable bonds is 9. The van der Waals surface area contributed by atoms with Gasteiger partial charge >= 0.3 is 5.97 Å². The lowest BCUT2D eigenvalue weighted by molar-refractivity contribution is -0.115. The highest BCUT2D eigenvalue weighted by Gasteiger charge is 2.28. The molecule has 2 N–H and O–H groups in total. The van der Waals surface area contributed by atoms with Crippen molar-refractivity contribution in [3.63, 3.8) is 0 Å². The standard InChI is InChI=1S/C26H30FN5O4S2/c1-4-36-25(35)21-18-11-6-5-7-12-19(18)38-24(21)29-22(33)15(2)37-26-31-30-20(32(26)3)14-28-23(34)16-9-8-10-17(27)13-16/h8-10,13,15H,4-7,11-12,14H2,1-3H3,(H,28,34)(H,29,33). The summed E-state index contributed by atoms with van der Waals surface area (Å²) in [6.45, 7) is 3.87. The van der Waals surface area contributed by atoms with Gasteiger partial charge in [0.2, 0.25) is 5.91 Å². The number of fused-ring (bicyclic) bond motifs is 1. The number of aryl methyl sites for hydroxylation is 1. The number of hydrogen-bond acceptors (Lipinski definition) is 8. The summed E-state index contributed by atoms with van der Waals surface area (Å²) >= 11 is 2.68. The summed E-state index contributed by atoms with van der Waals surface area (Å²) in [6, 6.07) is 5.42. The number of amides is 2. The number of thioether (sulfide) groups is 1. The Morgan fingerprint density at radius 1 is 1.21 bits per heavy atom. The van der Waals surface area contributed by atoms with Crippen LogP contribution in [0.3, 0.4) is 0 Å². The fraction of sp³-hybridized carbons (Fsp3) is 0.423. The van der Waals surface area contributed by atoms with Gasteiger partial charge in [-0.2, -0.15) is 0 Å². The zero-order valence-corrected chi connectivity index (χ0v) is 23.1. The van der Waals surface area contributed by atoms with E-state index in [9.17, 15) is 18.8 Å². The Bertz CT molecular complexity index is 1340. The topological polar surface area (TPSA) is 115 Å². The largest absolute Gasteiger partial charge is 0.462 e. The summed E-state index contributed by atoms with van der Waals surface area (Å²) in [6.07, 6.45) is 4.88. The van der Waals surface area contributed by atoms with Gasteiger partial charge in [0.1, 0.15) is 10.8 Å². The van der Waals surface area contributed by atoms with Gasteiger partial charge in [0.25, 0.3) is 5.91 Å². The maximum atomic E-state index is 13.4. The average molecular weight is 560 g/mol. The molecule has 3 aromatic rings. The average Bonchev–Trinajstić information content (AvgIpc) is 3.31. The minimum absolute atomic E-state index is 0.0869. The number of thiophene rings is 1. The Kier molecular flexibility index (Phi) is 9.16. The summed E-state index contributed by atoms with van der Waals surface area (Å²) in [5.41, 5.74) is 1.69. The summed E-state index contributed by atoms with van der Waals surface area (Å²) in [5, 5.41) is 14.4. The lowest BCUT2D eigenvalue weighted by Crippen LogP contribution is -2.25. The van der Waals surface area contributed by atoms with Crippen LogP contribution in [0, 0.1) is 5.82 Å². The molecule has 12 heteroatoms. The predicted octanol–water partition coefficient (Wildman–Crippen LogP) is 4.51. The van der Waals surface area contributed by atoms with Gasteiger partial charge in [0, 0.05) is 17.5 Å². The summed E-state index contributed by atoms with van der Waals surface area (Å²) in [7, 11) is 1.74. The van der Waals surface area contributed by atoms with Crippen LogP contribution in [-0.4, -0.2) is 44.4 Å². The molecule has 1 aliphatic carbocycles. The Hall–Kier alpha value is -3.25. The molecule has 38 heavy (non-hydrogen) atoms. The van der Waals surface area contributed by atoms with Crippen LogP contribution in [0.5, 0.6) is 0 Å². The molecule has 2 heterocycles. The molecule has 9 nitrogen and oxygen atoms in total. The van der Waals surface area contributed by atoms with Crippen LogP contribution >= 0.6 is 23.1 Å². The normalized spacial score (nSPS) is 13.8. The van der Waals surface area contributed by atoms with Crippen LogP contribution in [0.1, 0.15) is 70.1 Å². The molecular formula is C26H30FN5O4S2. The molecule has 1 unspecified atom stereocenters. The van der Waals surface area contributed by atoms with Crippen molar-refractivity contribution >= 4 is 45.9 Å². The van der Waals surface area contributed by atoms with Crippen LogP contribution < -0.4 is 10.6 Å². The molecule has 4 rings (SSSR count). The molecule has 0 radical (unpaired) electrons. The van der Waals surface area contributed by atoms with E-state index in [1.54, 1.807) is 25.5 Å². The Balaban J connectivity index is 1.41. The van der Waals surface area contributed by atoms with Crippen LogP contribution in [-0.2, 0) is 36.0 Å². The van der Waals surface area contributed by atoms with Crippen molar-refractivity contribution in [2.75, 3.05) is 11.9 Å². The summed E-state index contributed by atoms with van der Waals surface area (Å²) < 4.78 is 20.4. The van der Waals surface area contributed by atoms with Gasteiger partial charge in [-0.05, 0) is 63.3 Å². The van der Waals surface area contributed by atoms with Crippen molar-refractivity contribution in [2.45, 2.75) is 62.9 Å². The fourth-order valence-electron chi connectivity index (χ4n) is 4.17. The number of hydrogen-bond donors (Lipinski definition) is 2. The van der Waals surface area contributed by atoms with Crippen molar-refractivity contribution in [1.82, 2.24) is 20.1 Å². The minimum Gasteiger partial charge on any atom is -0.462 e. The van der Waals surface area contributed by atoms with E-state index in [0.717, 1.165) is 48.6 Å². The first-order chi connectivity index (χ1) is 18.3.